The average molecular weight is 287 g/mol. The van der Waals surface area contributed by atoms with Gasteiger partial charge in [-0.15, -0.1) is 0 Å². The van der Waals surface area contributed by atoms with Crippen LogP contribution in [0, 0.1) is 0 Å². The van der Waals surface area contributed by atoms with Crippen molar-refractivity contribution >= 4 is 11.7 Å². The van der Waals surface area contributed by atoms with Crippen molar-refractivity contribution < 1.29 is 14.3 Å². The van der Waals surface area contributed by atoms with E-state index in [0.29, 0.717) is 11.4 Å². The highest BCUT2D eigenvalue weighted by Crippen LogP contribution is 2.10. The number of ether oxygens (including phenoxy) is 1. The molecule has 0 aliphatic carbocycles. The summed E-state index contributed by atoms with van der Waals surface area (Å²) in [5.41, 5.74) is 0.983. The molecule has 0 aliphatic rings. The molecule has 110 valence electrons. The van der Waals surface area contributed by atoms with Gasteiger partial charge in [0.05, 0.1) is 24.0 Å². The van der Waals surface area contributed by atoms with E-state index in [1.807, 2.05) is 6.07 Å². The summed E-state index contributed by atoms with van der Waals surface area (Å²) in [4.78, 5) is 28.4. The summed E-state index contributed by atoms with van der Waals surface area (Å²) >= 11 is 0. The van der Waals surface area contributed by atoms with Crippen LogP contribution in [0.15, 0.2) is 42.7 Å². The first-order valence-corrected chi connectivity index (χ1v) is 6.50. The summed E-state index contributed by atoms with van der Waals surface area (Å²) in [6.07, 6.45) is 3.34. The molecule has 1 atom stereocenters. The van der Waals surface area contributed by atoms with Crippen LogP contribution in [0.5, 0.6) is 0 Å². The summed E-state index contributed by atoms with van der Waals surface area (Å²) in [6, 6.07) is 8.23. The zero-order chi connectivity index (χ0) is 15.2. The molecule has 2 rings (SSSR count). The number of pyridine rings is 1. The highest BCUT2D eigenvalue weighted by Gasteiger charge is 2.23. The molecule has 0 fully saturated rings. The van der Waals surface area contributed by atoms with Gasteiger partial charge in [-0.25, -0.2) is 0 Å². The maximum Gasteiger partial charge on any atom is 0.294 e. The Hall–Kier alpha value is -2.47. The summed E-state index contributed by atoms with van der Waals surface area (Å²) in [5.74, 6) is -1.26. The maximum atomic E-state index is 12.1. The fourth-order valence-electron chi connectivity index (χ4n) is 1.99. The number of hydrogen-bond acceptors (Lipinski definition) is 4. The van der Waals surface area contributed by atoms with Crippen LogP contribution in [0.25, 0.3) is 0 Å². The molecule has 6 nitrogen and oxygen atoms in total. The number of rotatable bonds is 6. The smallest absolute Gasteiger partial charge is 0.294 e. The fourth-order valence-corrected chi connectivity index (χ4v) is 1.99. The fraction of sp³-hybridized carbons (Fsp3) is 0.267. The lowest BCUT2D eigenvalue weighted by molar-refractivity contribution is -0.118. The summed E-state index contributed by atoms with van der Waals surface area (Å²) in [7, 11) is 3.24. The zero-order valence-corrected chi connectivity index (χ0v) is 11.9. The molecule has 0 aromatic carbocycles. The standard InChI is InChI=1S/C15H17N3O3/c1-18-9-5-7-13(18)14(19)15(20)17-12(10-21-2)11-6-3-4-8-16-11/h3-9,12H,10H2,1-2H3,(H,17,20). The number of aryl methyl sites for hydroxylation is 1. The van der Waals surface area contributed by atoms with E-state index >= 15 is 0 Å². The third kappa shape index (κ3) is 3.55. The summed E-state index contributed by atoms with van der Waals surface area (Å²) in [6.45, 7) is 0.239. The van der Waals surface area contributed by atoms with E-state index < -0.39 is 17.7 Å². The molecule has 1 amide bonds. The van der Waals surface area contributed by atoms with Gasteiger partial charge in [-0.05, 0) is 24.3 Å². The number of nitrogens with zero attached hydrogens (tertiary/aromatic N) is 2. The highest BCUT2D eigenvalue weighted by atomic mass is 16.5. The molecule has 0 saturated heterocycles. The van der Waals surface area contributed by atoms with Crippen LogP contribution in [-0.2, 0) is 16.6 Å². The Bertz CT molecular complexity index is 622. The lowest BCUT2D eigenvalue weighted by Gasteiger charge is -2.17. The molecular weight excluding hydrogens is 270 g/mol. The lowest BCUT2D eigenvalue weighted by atomic mass is 10.1. The van der Waals surface area contributed by atoms with Gasteiger partial charge in [0, 0.05) is 26.6 Å². The molecule has 1 unspecified atom stereocenters. The molecule has 21 heavy (non-hydrogen) atoms. The van der Waals surface area contributed by atoms with Crippen molar-refractivity contribution in [2.45, 2.75) is 6.04 Å². The van der Waals surface area contributed by atoms with Crippen molar-refractivity contribution in [3.05, 3.63) is 54.1 Å². The average Bonchev–Trinajstić information content (AvgIpc) is 2.93. The highest BCUT2D eigenvalue weighted by molar-refractivity contribution is 6.42. The predicted molar refractivity (Wildman–Crippen MR) is 76.7 cm³/mol. The number of Topliss-reactive ketones (excluding diaryl/α,β-unsaturated/α-hetero) is 1. The van der Waals surface area contributed by atoms with Gasteiger partial charge in [0.25, 0.3) is 11.7 Å². The minimum Gasteiger partial charge on any atom is -0.382 e. The van der Waals surface area contributed by atoms with Crippen LogP contribution in [0.4, 0.5) is 0 Å². The number of amides is 1. The van der Waals surface area contributed by atoms with Crippen LogP contribution in [0.2, 0.25) is 0 Å². The van der Waals surface area contributed by atoms with Crippen molar-refractivity contribution in [1.82, 2.24) is 14.9 Å². The first-order valence-electron chi connectivity index (χ1n) is 6.50. The van der Waals surface area contributed by atoms with Crippen LogP contribution >= 0.6 is 0 Å². The topological polar surface area (TPSA) is 73.2 Å². The molecule has 2 aromatic heterocycles. The molecular formula is C15H17N3O3. The third-order valence-corrected chi connectivity index (χ3v) is 3.07. The van der Waals surface area contributed by atoms with E-state index in [2.05, 4.69) is 10.3 Å². The van der Waals surface area contributed by atoms with Crippen molar-refractivity contribution in [3.63, 3.8) is 0 Å². The number of nitrogens with one attached hydrogen (secondary N) is 1. The number of carbonyl (C=O) groups is 2. The Labute approximate surface area is 122 Å². The number of aromatic nitrogens is 2. The van der Waals surface area contributed by atoms with Crippen molar-refractivity contribution in [2.75, 3.05) is 13.7 Å². The van der Waals surface area contributed by atoms with Gasteiger partial charge in [-0.2, -0.15) is 0 Å². The monoisotopic (exact) mass is 287 g/mol. The van der Waals surface area contributed by atoms with E-state index in [1.54, 1.807) is 48.3 Å². The second-order valence-electron chi connectivity index (χ2n) is 4.57. The number of methoxy groups -OCH3 is 1. The molecule has 2 aromatic rings. The second-order valence-corrected chi connectivity index (χ2v) is 4.57. The summed E-state index contributed by atoms with van der Waals surface area (Å²) < 4.78 is 6.69. The van der Waals surface area contributed by atoms with Gasteiger partial charge in [-0.1, -0.05) is 6.07 Å². The Kier molecular flexibility index (Phi) is 4.84. The molecule has 6 heteroatoms. The quantitative estimate of drug-likeness (QED) is 0.638. The first kappa shape index (κ1) is 14.9. The molecule has 0 spiro atoms. The maximum absolute atomic E-state index is 12.1. The van der Waals surface area contributed by atoms with Crippen molar-refractivity contribution in [3.8, 4) is 0 Å². The normalized spacial score (nSPS) is 11.9. The van der Waals surface area contributed by atoms with Crippen LogP contribution < -0.4 is 5.32 Å². The first-order chi connectivity index (χ1) is 10.1. The zero-order valence-electron chi connectivity index (χ0n) is 11.9. The largest absolute Gasteiger partial charge is 0.382 e. The van der Waals surface area contributed by atoms with Gasteiger partial charge < -0.3 is 14.6 Å². The van der Waals surface area contributed by atoms with Gasteiger partial charge in [-0.3, -0.25) is 14.6 Å². The minimum atomic E-state index is -0.676. The van der Waals surface area contributed by atoms with Crippen molar-refractivity contribution in [2.24, 2.45) is 7.05 Å². The molecule has 2 heterocycles. The number of hydrogen-bond donors (Lipinski definition) is 1. The second kappa shape index (κ2) is 6.81. The van der Waals surface area contributed by atoms with Crippen LogP contribution in [0.3, 0.4) is 0 Å². The SMILES string of the molecule is COCC(NC(=O)C(=O)c1cccn1C)c1ccccn1. The predicted octanol–water partition coefficient (Wildman–Crippen LogP) is 1.11. The van der Waals surface area contributed by atoms with E-state index in [9.17, 15) is 9.59 Å². The molecule has 0 aliphatic heterocycles. The van der Waals surface area contributed by atoms with E-state index in [4.69, 9.17) is 4.74 Å². The molecule has 0 saturated carbocycles. The Morgan fingerprint density at radius 2 is 2.14 bits per heavy atom. The molecule has 0 radical (unpaired) electrons. The van der Waals surface area contributed by atoms with Gasteiger partial charge in [0.15, 0.2) is 0 Å². The Morgan fingerprint density at radius 3 is 2.71 bits per heavy atom. The van der Waals surface area contributed by atoms with Gasteiger partial charge in [0.1, 0.15) is 0 Å². The van der Waals surface area contributed by atoms with Crippen molar-refractivity contribution in [1.29, 1.82) is 0 Å². The van der Waals surface area contributed by atoms with Crippen LogP contribution in [0.1, 0.15) is 22.2 Å². The number of carbonyl (C=O) groups excluding carboxylic acids is 2. The molecule has 1 N–H and O–H groups in total. The van der Waals surface area contributed by atoms with E-state index in [0.717, 1.165) is 0 Å². The minimum absolute atomic E-state index is 0.239. The van der Waals surface area contributed by atoms with E-state index in [1.165, 1.54) is 7.11 Å². The third-order valence-electron chi connectivity index (χ3n) is 3.07. The summed E-state index contributed by atoms with van der Waals surface area (Å²) in [5, 5.41) is 2.66. The van der Waals surface area contributed by atoms with Gasteiger partial charge >= 0.3 is 0 Å². The Balaban J connectivity index is 2.12. The van der Waals surface area contributed by atoms with Crippen LogP contribution in [-0.4, -0.2) is 35.0 Å². The Morgan fingerprint density at radius 1 is 1.33 bits per heavy atom. The van der Waals surface area contributed by atoms with Gasteiger partial charge in [0.2, 0.25) is 0 Å². The van der Waals surface area contributed by atoms with E-state index in [-0.39, 0.29) is 6.61 Å². The lowest BCUT2D eigenvalue weighted by Crippen LogP contribution is -2.37. The number of ketones is 1. The molecule has 0 bridgehead atoms.